The van der Waals surface area contributed by atoms with E-state index in [9.17, 15) is 8.78 Å². The molecule has 1 aromatic heterocycles. The number of halogens is 2. The van der Waals surface area contributed by atoms with E-state index in [1.165, 1.54) is 6.07 Å². The van der Waals surface area contributed by atoms with Gasteiger partial charge in [0, 0.05) is 17.8 Å². The van der Waals surface area contributed by atoms with Gasteiger partial charge in [-0.3, -0.25) is 0 Å². The summed E-state index contributed by atoms with van der Waals surface area (Å²) in [5.41, 5.74) is 5.80. The molecular formula is C11H10F2N4. The Labute approximate surface area is 96.5 Å². The number of hydrogen-bond acceptors (Lipinski definition) is 4. The van der Waals surface area contributed by atoms with Crippen molar-refractivity contribution in [1.82, 2.24) is 9.97 Å². The van der Waals surface area contributed by atoms with E-state index in [-0.39, 0.29) is 11.5 Å². The number of nitrogens with zero attached hydrogens (tertiary/aromatic N) is 2. The first-order chi connectivity index (χ1) is 8.02. The third-order valence-corrected chi connectivity index (χ3v) is 1.99. The summed E-state index contributed by atoms with van der Waals surface area (Å²) in [4.78, 5) is 7.93. The molecule has 0 saturated heterocycles. The van der Waals surface area contributed by atoms with Crippen molar-refractivity contribution in [2.24, 2.45) is 0 Å². The molecule has 17 heavy (non-hydrogen) atoms. The number of nitrogens with one attached hydrogen (secondary N) is 1. The number of aryl methyl sites for hydroxylation is 1. The maximum absolute atomic E-state index is 13.0. The van der Waals surface area contributed by atoms with Gasteiger partial charge in [0.15, 0.2) is 0 Å². The molecule has 88 valence electrons. The van der Waals surface area contributed by atoms with Gasteiger partial charge in [-0.2, -0.15) is 0 Å². The van der Waals surface area contributed by atoms with Crippen molar-refractivity contribution in [3.05, 3.63) is 41.7 Å². The largest absolute Gasteiger partial charge is 0.384 e. The molecule has 0 unspecified atom stereocenters. The zero-order valence-corrected chi connectivity index (χ0v) is 9.04. The number of nitrogens with two attached hydrogens (primary N) is 1. The van der Waals surface area contributed by atoms with Gasteiger partial charge in [-0.25, -0.2) is 18.7 Å². The van der Waals surface area contributed by atoms with Crippen molar-refractivity contribution in [2.75, 3.05) is 11.1 Å². The van der Waals surface area contributed by atoms with Crippen LogP contribution >= 0.6 is 0 Å². The predicted molar refractivity (Wildman–Crippen MR) is 60.8 cm³/mol. The first-order valence-electron chi connectivity index (χ1n) is 4.87. The molecule has 2 rings (SSSR count). The topological polar surface area (TPSA) is 63.8 Å². The summed E-state index contributed by atoms with van der Waals surface area (Å²) < 4.78 is 25.9. The highest BCUT2D eigenvalue weighted by atomic mass is 19.1. The summed E-state index contributed by atoms with van der Waals surface area (Å²) in [5.74, 6) is -0.168. The second-order valence-electron chi connectivity index (χ2n) is 3.51. The van der Waals surface area contributed by atoms with Gasteiger partial charge in [0.2, 0.25) is 0 Å². The molecule has 1 aromatic carbocycles. The molecule has 3 N–H and O–H groups in total. The zero-order valence-electron chi connectivity index (χ0n) is 9.04. The summed E-state index contributed by atoms with van der Waals surface area (Å²) in [6.45, 7) is 1.67. The van der Waals surface area contributed by atoms with E-state index in [1.807, 2.05) is 0 Å². The average Bonchev–Trinajstić information content (AvgIpc) is 2.13. The minimum absolute atomic E-state index is 0.264. The van der Waals surface area contributed by atoms with Crippen LogP contribution in [0.15, 0.2) is 24.3 Å². The standard InChI is InChI=1S/C11H10F2N4/c1-6-15-10(14)5-11(16-6)17-9-3-7(12)2-8(13)4-9/h2-5H,1H3,(H3,14,15,16,17). The van der Waals surface area contributed by atoms with Crippen LogP contribution in [0.3, 0.4) is 0 Å². The SMILES string of the molecule is Cc1nc(N)cc(Nc2cc(F)cc(F)c2)n1. The number of anilines is 3. The summed E-state index contributed by atoms with van der Waals surface area (Å²) in [5, 5.41) is 2.76. The molecule has 0 amide bonds. The molecular weight excluding hydrogens is 226 g/mol. The minimum atomic E-state index is -0.661. The number of aromatic nitrogens is 2. The lowest BCUT2D eigenvalue weighted by Gasteiger charge is -2.07. The van der Waals surface area contributed by atoms with E-state index < -0.39 is 11.6 Å². The number of nitrogen functional groups attached to an aromatic ring is 1. The highest BCUT2D eigenvalue weighted by Gasteiger charge is 2.03. The Morgan fingerprint density at radius 3 is 2.29 bits per heavy atom. The van der Waals surface area contributed by atoms with Crippen molar-refractivity contribution in [2.45, 2.75) is 6.92 Å². The number of benzene rings is 1. The fraction of sp³-hybridized carbons (Fsp3) is 0.0909. The van der Waals surface area contributed by atoms with Crippen LogP contribution in [-0.4, -0.2) is 9.97 Å². The fourth-order valence-electron chi connectivity index (χ4n) is 1.43. The molecule has 0 spiro atoms. The van der Waals surface area contributed by atoms with Crippen LogP contribution in [0, 0.1) is 18.6 Å². The summed E-state index contributed by atoms with van der Waals surface area (Å²) >= 11 is 0. The molecule has 0 aliphatic heterocycles. The van der Waals surface area contributed by atoms with Crippen molar-refractivity contribution in [1.29, 1.82) is 0 Å². The van der Waals surface area contributed by atoms with Crippen LogP contribution in [0.5, 0.6) is 0 Å². The molecule has 4 nitrogen and oxygen atoms in total. The lowest BCUT2D eigenvalue weighted by atomic mass is 10.3. The minimum Gasteiger partial charge on any atom is -0.384 e. The molecule has 6 heteroatoms. The van der Waals surface area contributed by atoms with Gasteiger partial charge in [0.25, 0.3) is 0 Å². The molecule has 0 radical (unpaired) electrons. The smallest absolute Gasteiger partial charge is 0.136 e. The summed E-state index contributed by atoms with van der Waals surface area (Å²) in [6.07, 6.45) is 0. The molecule has 1 heterocycles. The monoisotopic (exact) mass is 236 g/mol. The van der Waals surface area contributed by atoms with Gasteiger partial charge in [0.1, 0.15) is 29.1 Å². The van der Waals surface area contributed by atoms with Crippen LogP contribution in [0.4, 0.5) is 26.1 Å². The summed E-state index contributed by atoms with van der Waals surface area (Å²) in [6, 6.07) is 4.61. The van der Waals surface area contributed by atoms with Crippen LogP contribution in [0.25, 0.3) is 0 Å². The molecule has 0 aliphatic carbocycles. The first-order valence-corrected chi connectivity index (χ1v) is 4.87. The van der Waals surface area contributed by atoms with Crippen molar-refractivity contribution in [3.8, 4) is 0 Å². The van der Waals surface area contributed by atoms with Crippen molar-refractivity contribution in [3.63, 3.8) is 0 Å². The van der Waals surface area contributed by atoms with Gasteiger partial charge >= 0.3 is 0 Å². The molecule has 0 saturated carbocycles. The Morgan fingerprint density at radius 2 is 1.71 bits per heavy atom. The maximum atomic E-state index is 13.0. The van der Waals surface area contributed by atoms with Crippen LogP contribution in [0.2, 0.25) is 0 Å². The molecule has 0 bridgehead atoms. The second kappa shape index (κ2) is 4.32. The lowest BCUT2D eigenvalue weighted by molar-refractivity contribution is 0.584. The zero-order chi connectivity index (χ0) is 12.4. The van der Waals surface area contributed by atoms with E-state index in [0.29, 0.717) is 11.6 Å². The normalized spacial score (nSPS) is 10.3. The predicted octanol–water partition coefficient (Wildman–Crippen LogP) is 2.39. The Hall–Kier alpha value is -2.24. The number of hydrogen-bond donors (Lipinski definition) is 2. The van der Waals surface area contributed by atoms with E-state index >= 15 is 0 Å². The van der Waals surface area contributed by atoms with E-state index in [1.54, 1.807) is 6.92 Å². The fourth-order valence-corrected chi connectivity index (χ4v) is 1.43. The third-order valence-electron chi connectivity index (χ3n) is 1.99. The molecule has 0 atom stereocenters. The lowest BCUT2D eigenvalue weighted by Crippen LogP contribution is -2.01. The Kier molecular flexibility index (Phi) is 2.86. The van der Waals surface area contributed by atoms with E-state index in [2.05, 4.69) is 15.3 Å². The van der Waals surface area contributed by atoms with Gasteiger partial charge < -0.3 is 11.1 Å². The number of rotatable bonds is 2. The van der Waals surface area contributed by atoms with Gasteiger partial charge in [-0.1, -0.05) is 0 Å². The van der Waals surface area contributed by atoms with E-state index in [4.69, 9.17) is 5.73 Å². The van der Waals surface area contributed by atoms with Crippen LogP contribution in [-0.2, 0) is 0 Å². The first kappa shape index (κ1) is 11.3. The highest BCUT2D eigenvalue weighted by Crippen LogP contribution is 2.18. The highest BCUT2D eigenvalue weighted by molar-refractivity contribution is 5.58. The van der Waals surface area contributed by atoms with Gasteiger partial charge in [-0.15, -0.1) is 0 Å². The molecule has 0 aliphatic rings. The van der Waals surface area contributed by atoms with Gasteiger partial charge in [-0.05, 0) is 19.1 Å². The summed E-state index contributed by atoms with van der Waals surface area (Å²) in [7, 11) is 0. The van der Waals surface area contributed by atoms with Crippen LogP contribution < -0.4 is 11.1 Å². The third kappa shape index (κ3) is 2.87. The molecule has 0 fully saturated rings. The van der Waals surface area contributed by atoms with E-state index in [0.717, 1.165) is 18.2 Å². The average molecular weight is 236 g/mol. The van der Waals surface area contributed by atoms with Crippen molar-refractivity contribution >= 4 is 17.3 Å². The Morgan fingerprint density at radius 1 is 1.06 bits per heavy atom. The van der Waals surface area contributed by atoms with Gasteiger partial charge in [0.05, 0.1) is 0 Å². The van der Waals surface area contributed by atoms with Crippen LogP contribution in [0.1, 0.15) is 5.82 Å². The van der Waals surface area contributed by atoms with Crippen molar-refractivity contribution < 1.29 is 8.78 Å². The Balaban J connectivity index is 2.31. The molecule has 2 aromatic rings. The maximum Gasteiger partial charge on any atom is 0.136 e. The quantitative estimate of drug-likeness (QED) is 0.840. The Bertz CT molecular complexity index is 467. The second-order valence-corrected chi connectivity index (χ2v) is 3.51.